The molecule has 0 unspecified atom stereocenters. The minimum absolute atomic E-state index is 0.0242. The highest BCUT2D eigenvalue weighted by Gasteiger charge is 2.31. The molecule has 5 rings (SSSR count). The van der Waals surface area contributed by atoms with Crippen LogP contribution in [0, 0.1) is 13.8 Å². The number of nitrogens with one attached hydrogen (secondary N) is 8. The van der Waals surface area contributed by atoms with Gasteiger partial charge in [0.1, 0.15) is 30.4 Å². The number of anilines is 1. The number of aliphatic carboxylic acids is 4. The second-order valence-electron chi connectivity index (χ2n) is 25.8. The number of imidazole rings is 1. The molecule has 0 radical (unpaired) electrons. The van der Waals surface area contributed by atoms with Gasteiger partial charge >= 0.3 is 39.1 Å². The summed E-state index contributed by atoms with van der Waals surface area (Å²) >= 11 is 0. The third kappa shape index (κ3) is 37.9. The topological polar surface area (TPSA) is 568 Å². The number of aromatic nitrogens is 4. The molecular formula is C65H104N16O25P2S. The number of H-pyrrole nitrogens is 1. The summed E-state index contributed by atoms with van der Waals surface area (Å²) < 4.78 is 77.1. The molecule has 1 aliphatic heterocycles. The molecule has 1 fully saturated rings. The lowest BCUT2D eigenvalue weighted by atomic mass is 10.1. The van der Waals surface area contributed by atoms with Gasteiger partial charge in [0.15, 0.2) is 5.95 Å². The van der Waals surface area contributed by atoms with Crippen LogP contribution in [0.15, 0.2) is 53.8 Å². The van der Waals surface area contributed by atoms with Crippen LogP contribution in [-0.2, 0) is 78.3 Å². The maximum atomic E-state index is 13.8. The molecule has 2 atom stereocenters. The van der Waals surface area contributed by atoms with Crippen molar-refractivity contribution in [2.24, 2.45) is 0 Å². The molecule has 44 heteroatoms. The summed E-state index contributed by atoms with van der Waals surface area (Å²) in [5, 5.41) is 60.4. The molecule has 41 nitrogen and oxygen atoms in total. The van der Waals surface area contributed by atoms with Crippen molar-refractivity contribution in [2.75, 3.05) is 182 Å². The van der Waals surface area contributed by atoms with E-state index in [0.29, 0.717) is 67.5 Å². The fraction of sp³-hybridized carbons (Fsp3) is 0.615. The number of fused-ring (bicyclic) bond motifs is 1. The van der Waals surface area contributed by atoms with Crippen LogP contribution in [-0.4, -0.2) is 335 Å². The molecule has 0 spiro atoms. The monoisotopic (exact) mass is 1600 g/mol. The largest absolute Gasteiger partial charge is 0.494 e. The Morgan fingerprint density at radius 3 is 1.67 bits per heavy atom. The molecule has 1 aliphatic rings. The number of benzene rings is 2. The molecule has 3 heterocycles. The summed E-state index contributed by atoms with van der Waals surface area (Å²) in [6, 6.07) is 5.08. The third-order valence-corrected chi connectivity index (χ3v) is 19.8. The Balaban J connectivity index is 0.964. The quantitative estimate of drug-likeness (QED) is 0.0169. The smallest absolute Gasteiger partial charge is 0.339 e. The lowest BCUT2D eigenvalue weighted by molar-refractivity contribution is -0.140. The average molecular weight is 1600 g/mol. The number of carboxylic acid groups (broad SMARTS) is 4. The third-order valence-electron chi connectivity index (χ3n) is 16.5. The van der Waals surface area contributed by atoms with E-state index >= 15 is 0 Å². The second kappa shape index (κ2) is 47.8. The Bertz CT molecular complexity index is 3710. The van der Waals surface area contributed by atoms with Gasteiger partial charge in [0.05, 0.1) is 82.4 Å². The Labute approximate surface area is 630 Å². The van der Waals surface area contributed by atoms with Crippen molar-refractivity contribution in [3.05, 3.63) is 65.6 Å². The maximum Gasteiger partial charge on any atom is 0.339 e. The standard InChI is InChI=1S/C65H104N16O25P2S/c1-47-35-51(36-48(2)61(47)109(101,102)75-53(64(93)94)39-72-62(91)49-11-12-54-50(37-49)38-73-81(54)19-6-14-69-65-70-17-18-71-65)106-30-5-10-55(82)66-15-7-28-103-31-33-105-34-32-104-29-8-16-68-63(92)52(9-3-4-13-67-56(83)40-80(45-107(95,96)97)46-108(98,99)100)74-57(84)41-76-20-22-77(42-58(85)86)24-26-79(44-60(89)90)27-25-78(23-21-76)43-59(87)88/h11-12,17-18,35-38,52-53,75H,3-10,13-16,19-34,39-46H2,1-2H3,(H,66,82)(H,67,83)(H,68,92)(H,72,91)(H,74,84)(H,85,86)(H,87,88)(H,89,90)(H,93,94)(H2,69,70,71)(H2,95,96,97)(H2,98,99,100)/t52-,53+/m1/s1. The first kappa shape index (κ1) is 91.5. The van der Waals surface area contributed by atoms with E-state index in [0.717, 1.165) is 11.9 Å². The number of rotatable bonds is 52. The number of nitrogens with zero attached hydrogens (tertiary/aromatic N) is 8. The first-order valence-corrected chi connectivity index (χ1v) is 40.5. The summed E-state index contributed by atoms with van der Waals surface area (Å²) in [5.74, 6) is -6.66. The molecule has 0 aliphatic carbocycles. The van der Waals surface area contributed by atoms with Gasteiger partial charge in [-0.2, -0.15) is 9.82 Å². The zero-order valence-electron chi connectivity index (χ0n) is 61.1. The summed E-state index contributed by atoms with van der Waals surface area (Å²) in [5.41, 5.74) is 1.57. The first-order valence-electron chi connectivity index (χ1n) is 35.4. The minimum Gasteiger partial charge on any atom is -0.494 e. The average Bonchev–Trinajstić information content (AvgIpc) is 1.61. The van der Waals surface area contributed by atoms with Gasteiger partial charge in [-0.15, -0.1) is 0 Å². The van der Waals surface area contributed by atoms with E-state index in [9.17, 15) is 101 Å². The van der Waals surface area contributed by atoms with E-state index in [2.05, 4.69) is 51.7 Å². The van der Waals surface area contributed by atoms with Crippen LogP contribution < -0.4 is 41.4 Å². The molecule has 610 valence electrons. The van der Waals surface area contributed by atoms with Crippen molar-refractivity contribution in [1.29, 1.82) is 0 Å². The van der Waals surface area contributed by atoms with E-state index in [4.69, 9.17) is 18.9 Å². The predicted octanol–water partition coefficient (Wildman–Crippen LogP) is -1.92. The minimum atomic E-state index is -4.81. The van der Waals surface area contributed by atoms with Crippen molar-refractivity contribution < 1.29 is 120 Å². The fourth-order valence-corrected chi connectivity index (χ4v) is 14.7. The van der Waals surface area contributed by atoms with Crippen LogP contribution in [0.2, 0.25) is 0 Å². The number of carbonyl (C=O) groups is 9. The van der Waals surface area contributed by atoms with Crippen molar-refractivity contribution in [3.63, 3.8) is 0 Å². The summed E-state index contributed by atoms with van der Waals surface area (Å²) in [7, 11) is -14.0. The Morgan fingerprint density at radius 2 is 1.14 bits per heavy atom. The highest BCUT2D eigenvalue weighted by Crippen LogP contribution is 2.40. The van der Waals surface area contributed by atoms with Crippen molar-refractivity contribution >= 4 is 95.5 Å². The number of aromatic amines is 1. The number of sulfonamides is 1. The molecule has 16 N–H and O–H groups in total. The molecule has 0 bridgehead atoms. The molecular weight excluding hydrogens is 1500 g/mol. The van der Waals surface area contributed by atoms with Gasteiger partial charge in [0.2, 0.25) is 33.7 Å². The molecule has 1 saturated heterocycles. The molecule has 109 heavy (non-hydrogen) atoms. The highest BCUT2D eigenvalue weighted by atomic mass is 32.2. The lowest BCUT2D eigenvalue weighted by Gasteiger charge is -2.33. The number of carboxylic acids is 4. The maximum absolute atomic E-state index is 13.8. The molecule has 0 saturated carbocycles. The molecule has 2 aromatic carbocycles. The van der Waals surface area contributed by atoms with Gasteiger partial charge in [-0.1, -0.05) is 0 Å². The van der Waals surface area contributed by atoms with Gasteiger partial charge in [-0.3, -0.25) is 81.5 Å². The summed E-state index contributed by atoms with van der Waals surface area (Å²) in [6.45, 7) is 4.86. The fourth-order valence-electron chi connectivity index (χ4n) is 11.4. The SMILES string of the molecule is Cc1cc(OCCCC(=O)NCCCOCCOCCOCCCNC(=O)[C@@H](CCCCNC(=O)CN(CP(=O)(O)O)CP(=O)(O)O)NC(=O)CN2CCN(CC(=O)O)CCN(CC(=O)O)CCN(CC(=O)O)CC2)cc(C)c1S(=O)(=O)N[C@@H](CNC(=O)c1ccc2c(cnn2CCCNc2ncc[nH]2)c1)C(=O)O. The molecule has 4 aromatic rings. The number of unbranched alkanes of at least 4 members (excludes halogenated alkanes) is 1. The Hall–Kier alpha value is -8.16. The van der Waals surface area contributed by atoms with Gasteiger partial charge in [0.25, 0.3) is 5.91 Å². The second-order valence-corrected chi connectivity index (χ2v) is 30.7. The van der Waals surface area contributed by atoms with Crippen molar-refractivity contribution in [2.45, 2.75) is 88.7 Å². The number of hydrogen-bond donors (Lipinski definition) is 16. The normalized spacial score (nSPS) is 14.6. The zero-order chi connectivity index (χ0) is 79.9. The zero-order valence-corrected chi connectivity index (χ0v) is 63.7. The first-order chi connectivity index (χ1) is 51.7. The van der Waals surface area contributed by atoms with E-state index in [1.807, 2.05) is 0 Å². The van der Waals surface area contributed by atoms with E-state index < -0.39 is 110 Å². The Morgan fingerprint density at radius 1 is 0.606 bits per heavy atom. The highest BCUT2D eigenvalue weighted by molar-refractivity contribution is 7.89. The van der Waals surface area contributed by atoms with Gasteiger partial charge in [-0.25, -0.2) is 13.4 Å². The number of carbonyl (C=O) groups excluding carboxylic acids is 5. The van der Waals surface area contributed by atoms with Crippen LogP contribution in [0.5, 0.6) is 5.75 Å². The van der Waals surface area contributed by atoms with Crippen molar-refractivity contribution in [1.82, 2.24) is 75.6 Å². The number of ether oxygens (including phenoxy) is 4. The summed E-state index contributed by atoms with van der Waals surface area (Å²) in [6.07, 6.45) is 5.41. The van der Waals surface area contributed by atoms with Crippen LogP contribution in [0.4, 0.5) is 5.95 Å². The van der Waals surface area contributed by atoms with Gasteiger partial charge < -0.3 is 95.8 Å². The van der Waals surface area contributed by atoms with Crippen LogP contribution in [0.1, 0.15) is 72.9 Å². The molecule has 5 amide bonds. The number of hydrogen-bond acceptors (Lipinski definition) is 25. The van der Waals surface area contributed by atoms with Crippen LogP contribution >= 0.6 is 15.2 Å². The van der Waals surface area contributed by atoms with E-state index in [1.165, 1.54) is 26.0 Å². The van der Waals surface area contributed by atoms with E-state index in [1.54, 1.807) is 61.1 Å². The van der Waals surface area contributed by atoms with Crippen LogP contribution in [0.3, 0.4) is 0 Å². The Kier molecular flexibility index (Phi) is 40.1. The summed E-state index contributed by atoms with van der Waals surface area (Å²) in [4.78, 5) is 165. The number of aryl methyl sites for hydroxylation is 3. The van der Waals surface area contributed by atoms with E-state index in [-0.39, 0.29) is 184 Å². The van der Waals surface area contributed by atoms with Gasteiger partial charge in [-0.05, 0) is 100 Å². The number of amides is 5. The van der Waals surface area contributed by atoms with Crippen molar-refractivity contribution in [3.8, 4) is 5.75 Å². The lowest BCUT2D eigenvalue weighted by Crippen LogP contribution is -2.52. The predicted molar refractivity (Wildman–Crippen MR) is 392 cm³/mol. The van der Waals surface area contributed by atoms with Crippen LogP contribution in [0.25, 0.3) is 10.9 Å². The van der Waals surface area contributed by atoms with Gasteiger partial charge in [0, 0.05) is 135 Å². The molecule has 2 aromatic heterocycles.